The molecule has 0 atom stereocenters. The van der Waals surface area contributed by atoms with Gasteiger partial charge >= 0.3 is 0 Å². The molecular weight excluding hydrogens is 200 g/mol. The predicted octanol–water partition coefficient (Wildman–Crippen LogP) is 4.89. The maximum Gasteiger partial charge on any atom is -0.00517 e. The van der Waals surface area contributed by atoms with Crippen molar-refractivity contribution in [1.29, 1.82) is 0 Å². The molecule has 0 N–H and O–H groups in total. The molecule has 82 valence electrons. The molecule has 0 aliphatic heterocycles. The maximum absolute atomic E-state index is 2.24. The highest BCUT2D eigenvalue weighted by atomic mass is 32.2. The molecule has 0 unspecified atom stereocenters. The van der Waals surface area contributed by atoms with Gasteiger partial charge in [-0.1, -0.05) is 38.1 Å². The monoisotopic (exact) mass is 220 g/mol. The van der Waals surface area contributed by atoms with Gasteiger partial charge in [0.05, 0.1) is 0 Å². The zero-order valence-corrected chi connectivity index (χ0v) is 10.9. The molecule has 0 saturated carbocycles. The Balaban J connectivity index is 3.13. The standard InChI is InChI=1S/C14H20S/c1-5-13(12(4)15-6-2)14-10-8-7-9-11(14)3/h7-10H,5-6H2,1-4H3/b13-12+. The average molecular weight is 220 g/mol. The molecule has 0 nitrogen and oxygen atoms in total. The van der Waals surface area contributed by atoms with E-state index in [0.29, 0.717) is 0 Å². The van der Waals surface area contributed by atoms with Crippen LogP contribution in [0, 0.1) is 6.92 Å². The van der Waals surface area contributed by atoms with Crippen molar-refractivity contribution in [2.24, 2.45) is 0 Å². The molecule has 0 amide bonds. The molecule has 1 heteroatoms. The summed E-state index contributed by atoms with van der Waals surface area (Å²) >= 11 is 1.95. The van der Waals surface area contributed by atoms with Crippen molar-refractivity contribution in [3.05, 3.63) is 40.3 Å². The molecule has 0 fully saturated rings. The van der Waals surface area contributed by atoms with Crippen LogP contribution in [0.4, 0.5) is 0 Å². The lowest BCUT2D eigenvalue weighted by Crippen LogP contribution is -1.90. The van der Waals surface area contributed by atoms with E-state index in [4.69, 9.17) is 0 Å². The molecule has 1 rings (SSSR count). The number of thioether (sulfide) groups is 1. The summed E-state index contributed by atoms with van der Waals surface area (Å²) in [6.07, 6.45) is 1.11. The Morgan fingerprint density at radius 2 is 1.87 bits per heavy atom. The molecule has 1 aromatic rings. The highest BCUT2D eigenvalue weighted by molar-refractivity contribution is 8.03. The maximum atomic E-state index is 2.24. The zero-order chi connectivity index (χ0) is 11.3. The minimum absolute atomic E-state index is 1.11. The fourth-order valence-corrected chi connectivity index (χ4v) is 2.71. The van der Waals surface area contributed by atoms with Crippen LogP contribution in [0.1, 0.15) is 38.3 Å². The Labute approximate surface area is 97.8 Å². The third-order valence-electron chi connectivity index (χ3n) is 2.61. The van der Waals surface area contributed by atoms with Crippen molar-refractivity contribution in [1.82, 2.24) is 0 Å². The minimum atomic E-state index is 1.11. The minimum Gasteiger partial charge on any atom is -0.131 e. The van der Waals surface area contributed by atoms with E-state index in [1.54, 1.807) is 0 Å². The molecular formula is C14H20S. The van der Waals surface area contributed by atoms with Gasteiger partial charge in [0.2, 0.25) is 0 Å². The molecule has 0 aromatic heterocycles. The molecule has 15 heavy (non-hydrogen) atoms. The highest BCUT2D eigenvalue weighted by Gasteiger charge is 2.06. The summed E-state index contributed by atoms with van der Waals surface area (Å²) < 4.78 is 0. The first-order valence-corrected chi connectivity index (χ1v) is 6.57. The van der Waals surface area contributed by atoms with Gasteiger partial charge in [-0.3, -0.25) is 0 Å². The summed E-state index contributed by atoms with van der Waals surface area (Å²) in [4.78, 5) is 1.47. The lowest BCUT2D eigenvalue weighted by molar-refractivity contribution is 1.21. The molecule has 0 bridgehead atoms. The number of aryl methyl sites for hydroxylation is 1. The van der Waals surface area contributed by atoms with Crippen LogP contribution >= 0.6 is 11.8 Å². The van der Waals surface area contributed by atoms with Gasteiger partial charge < -0.3 is 0 Å². The van der Waals surface area contributed by atoms with Crippen molar-refractivity contribution in [3.63, 3.8) is 0 Å². The van der Waals surface area contributed by atoms with Crippen LogP contribution < -0.4 is 0 Å². The van der Waals surface area contributed by atoms with Gasteiger partial charge in [0.15, 0.2) is 0 Å². The number of hydrogen-bond donors (Lipinski definition) is 0. The second kappa shape index (κ2) is 6.02. The van der Waals surface area contributed by atoms with Gasteiger partial charge in [-0.15, -0.1) is 11.8 Å². The largest absolute Gasteiger partial charge is 0.131 e. The van der Waals surface area contributed by atoms with Crippen LogP contribution in [0.3, 0.4) is 0 Å². The lowest BCUT2D eigenvalue weighted by atomic mass is 9.99. The molecule has 0 spiro atoms. The molecule has 0 radical (unpaired) electrons. The molecule has 0 saturated heterocycles. The SMILES string of the molecule is CCS/C(C)=C(\CC)c1ccccc1C. The summed E-state index contributed by atoms with van der Waals surface area (Å²) in [6, 6.07) is 8.65. The third kappa shape index (κ3) is 3.13. The Hall–Kier alpha value is -0.690. The first-order valence-electron chi connectivity index (χ1n) is 5.59. The van der Waals surface area contributed by atoms with Crippen LogP contribution in [0.15, 0.2) is 29.2 Å². The molecule has 0 heterocycles. The van der Waals surface area contributed by atoms with E-state index in [1.807, 2.05) is 11.8 Å². The Kier molecular flexibility index (Phi) is 4.97. The Morgan fingerprint density at radius 1 is 1.20 bits per heavy atom. The normalized spacial score (nSPS) is 12.5. The first kappa shape index (κ1) is 12.4. The summed E-state index contributed by atoms with van der Waals surface area (Å²) in [5.41, 5.74) is 4.30. The molecule has 1 aromatic carbocycles. The Morgan fingerprint density at radius 3 is 2.40 bits per heavy atom. The Bertz CT molecular complexity index is 350. The van der Waals surface area contributed by atoms with Gasteiger partial charge in [0, 0.05) is 0 Å². The highest BCUT2D eigenvalue weighted by Crippen LogP contribution is 2.30. The van der Waals surface area contributed by atoms with E-state index in [0.717, 1.165) is 12.2 Å². The lowest BCUT2D eigenvalue weighted by Gasteiger charge is -2.12. The van der Waals surface area contributed by atoms with Gasteiger partial charge in [-0.2, -0.15) is 0 Å². The smallest absolute Gasteiger partial charge is 0.00517 e. The summed E-state index contributed by atoms with van der Waals surface area (Å²) in [5.74, 6) is 1.15. The average Bonchev–Trinajstić information content (AvgIpc) is 2.22. The van der Waals surface area contributed by atoms with Crippen molar-refractivity contribution in [2.45, 2.75) is 34.1 Å². The molecule has 0 aliphatic rings. The van der Waals surface area contributed by atoms with E-state index in [9.17, 15) is 0 Å². The number of hydrogen-bond acceptors (Lipinski definition) is 1. The first-order chi connectivity index (χ1) is 7.20. The quantitative estimate of drug-likeness (QED) is 0.696. The predicted molar refractivity (Wildman–Crippen MR) is 72.2 cm³/mol. The summed E-state index contributed by atoms with van der Waals surface area (Å²) in [6.45, 7) is 8.87. The van der Waals surface area contributed by atoms with Gasteiger partial charge in [0.1, 0.15) is 0 Å². The van der Waals surface area contributed by atoms with Gasteiger partial charge in [-0.25, -0.2) is 0 Å². The number of allylic oxidation sites excluding steroid dienone is 2. The summed E-state index contributed by atoms with van der Waals surface area (Å²) in [7, 11) is 0. The van der Waals surface area contributed by atoms with Crippen molar-refractivity contribution < 1.29 is 0 Å². The van der Waals surface area contributed by atoms with E-state index in [2.05, 4.69) is 52.0 Å². The van der Waals surface area contributed by atoms with Crippen LogP contribution in [-0.4, -0.2) is 5.75 Å². The zero-order valence-electron chi connectivity index (χ0n) is 10.1. The van der Waals surface area contributed by atoms with E-state index < -0.39 is 0 Å². The van der Waals surface area contributed by atoms with Crippen molar-refractivity contribution >= 4 is 17.3 Å². The second-order valence-corrected chi connectivity index (χ2v) is 5.11. The van der Waals surface area contributed by atoms with Crippen LogP contribution in [0.5, 0.6) is 0 Å². The van der Waals surface area contributed by atoms with Crippen LogP contribution in [0.25, 0.3) is 5.57 Å². The molecule has 0 aliphatic carbocycles. The topological polar surface area (TPSA) is 0 Å². The summed E-state index contributed by atoms with van der Waals surface area (Å²) in [5, 5.41) is 0. The van der Waals surface area contributed by atoms with E-state index in [-0.39, 0.29) is 0 Å². The number of benzene rings is 1. The number of rotatable bonds is 4. The third-order valence-corrected chi connectivity index (χ3v) is 3.58. The van der Waals surface area contributed by atoms with Gasteiger partial charge in [-0.05, 0) is 47.6 Å². The second-order valence-electron chi connectivity index (χ2n) is 3.64. The van der Waals surface area contributed by atoms with Crippen LogP contribution in [0.2, 0.25) is 0 Å². The van der Waals surface area contributed by atoms with Gasteiger partial charge in [0.25, 0.3) is 0 Å². The van der Waals surface area contributed by atoms with Crippen LogP contribution in [-0.2, 0) is 0 Å². The van der Waals surface area contributed by atoms with E-state index >= 15 is 0 Å². The fraction of sp³-hybridized carbons (Fsp3) is 0.429. The van der Waals surface area contributed by atoms with E-state index in [1.165, 1.54) is 21.6 Å². The van der Waals surface area contributed by atoms with Crippen molar-refractivity contribution in [3.8, 4) is 0 Å². The fourth-order valence-electron chi connectivity index (χ4n) is 1.84. The van der Waals surface area contributed by atoms with Crippen molar-refractivity contribution in [2.75, 3.05) is 5.75 Å².